The van der Waals surface area contributed by atoms with Crippen LogP contribution in [0.3, 0.4) is 0 Å². The van der Waals surface area contributed by atoms with Crippen LogP contribution in [0.5, 0.6) is 0 Å². The lowest BCUT2D eigenvalue weighted by molar-refractivity contribution is -0.159. The first-order chi connectivity index (χ1) is 11.4. The van der Waals surface area contributed by atoms with Crippen molar-refractivity contribution in [1.29, 1.82) is 0 Å². The molecule has 24 heavy (non-hydrogen) atoms. The van der Waals surface area contributed by atoms with Crippen molar-refractivity contribution >= 4 is 17.7 Å². The van der Waals surface area contributed by atoms with E-state index in [9.17, 15) is 18.0 Å². The smallest absolute Gasteiger partial charge is 0.338 e. The molecule has 0 spiro atoms. The molecule has 3 heterocycles. The molecule has 2 aromatic heterocycles. The van der Waals surface area contributed by atoms with Gasteiger partial charge in [-0.15, -0.1) is 11.8 Å². The summed E-state index contributed by atoms with van der Waals surface area (Å²) in [5.41, 5.74) is 0.481. The summed E-state index contributed by atoms with van der Waals surface area (Å²) in [5, 5.41) is 4.02. The Hall–Kier alpha value is -2.10. The fraction of sp³-hybridized carbons (Fsp3) is 0.429. The maximum Gasteiger partial charge on any atom is 0.471 e. The molecule has 1 atom stereocenters. The van der Waals surface area contributed by atoms with Gasteiger partial charge in [-0.25, -0.2) is 4.98 Å². The Morgan fingerprint density at radius 1 is 1.46 bits per heavy atom. The third-order valence-corrected chi connectivity index (χ3v) is 4.43. The summed E-state index contributed by atoms with van der Waals surface area (Å²) in [7, 11) is 0. The van der Waals surface area contributed by atoms with E-state index in [0.717, 1.165) is 0 Å². The number of thioether (sulfide) groups is 1. The van der Waals surface area contributed by atoms with E-state index in [0.29, 0.717) is 23.6 Å². The molecular formula is C14H13F3N4O2S. The van der Waals surface area contributed by atoms with E-state index in [4.69, 9.17) is 0 Å². The number of carbonyl (C=O) groups excluding carboxylic acids is 1. The van der Waals surface area contributed by atoms with Gasteiger partial charge in [0.1, 0.15) is 5.03 Å². The van der Waals surface area contributed by atoms with Crippen LogP contribution in [0.25, 0.3) is 0 Å². The molecular weight excluding hydrogens is 345 g/mol. The van der Waals surface area contributed by atoms with Gasteiger partial charge in [-0.1, -0.05) is 5.16 Å². The number of hydrogen-bond donors (Lipinski definition) is 0. The molecule has 10 heteroatoms. The van der Waals surface area contributed by atoms with Gasteiger partial charge in [-0.2, -0.15) is 18.2 Å². The molecule has 0 N–H and O–H groups in total. The first kappa shape index (κ1) is 16.7. The SMILES string of the molecule is CSc1ncccc1C(=O)N1CC[C@H](c2noc(C(F)(F)F)n2)C1. The molecule has 1 saturated heterocycles. The number of likely N-dealkylation sites (tertiary alicyclic amines) is 1. The molecule has 6 nitrogen and oxygen atoms in total. The summed E-state index contributed by atoms with van der Waals surface area (Å²) in [6.45, 7) is 0.667. The van der Waals surface area contributed by atoms with Crippen LogP contribution in [-0.4, -0.2) is 45.3 Å². The first-order valence-electron chi connectivity index (χ1n) is 7.09. The summed E-state index contributed by atoms with van der Waals surface area (Å²) < 4.78 is 41.8. The fourth-order valence-corrected chi connectivity index (χ4v) is 3.10. The molecule has 0 aromatic carbocycles. The Bertz CT molecular complexity index is 750. The van der Waals surface area contributed by atoms with Gasteiger partial charge in [0.05, 0.1) is 5.56 Å². The normalized spacial score (nSPS) is 18.2. The van der Waals surface area contributed by atoms with E-state index >= 15 is 0 Å². The van der Waals surface area contributed by atoms with Crippen molar-refractivity contribution in [3.8, 4) is 0 Å². The van der Waals surface area contributed by atoms with Gasteiger partial charge in [0.2, 0.25) is 0 Å². The van der Waals surface area contributed by atoms with E-state index in [1.807, 2.05) is 6.26 Å². The van der Waals surface area contributed by atoms with Crippen molar-refractivity contribution in [2.24, 2.45) is 0 Å². The monoisotopic (exact) mass is 358 g/mol. The molecule has 0 aliphatic carbocycles. The van der Waals surface area contributed by atoms with Crippen LogP contribution in [0.2, 0.25) is 0 Å². The van der Waals surface area contributed by atoms with Gasteiger partial charge in [-0.3, -0.25) is 4.79 Å². The molecule has 1 amide bonds. The Morgan fingerprint density at radius 3 is 2.92 bits per heavy atom. The maximum absolute atomic E-state index is 12.6. The Kier molecular flexibility index (Phi) is 4.48. The van der Waals surface area contributed by atoms with Crippen molar-refractivity contribution in [2.45, 2.75) is 23.5 Å². The Balaban J connectivity index is 1.73. The van der Waals surface area contributed by atoms with E-state index in [2.05, 4.69) is 19.6 Å². The maximum atomic E-state index is 12.6. The summed E-state index contributed by atoms with van der Waals surface area (Å²) in [5.74, 6) is -1.95. The second-order valence-corrected chi connectivity index (χ2v) is 6.05. The molecule has 128 valence electrons. The number of rotatable bonds is 3. The molecule has 0 radical (unpaired) electrons. The van der Waals surface area contributed by atoms with E-state index in [1.165, 1.54) is 11.8 Å². The number of alkyl halides is 3. The highest BCUT2D eigenvalue weighted by molar-refractivity contribution is 7.98. The average molecular weight is 358 g/mol. The number of amides is 1. The minimum Gasteiger partial charge on any atom is -0.338 e. The largest absolute Gasteiger partial charge is 0.471 e. The Morgan fingerprint density at radius 2 is 2.25 bits per heavy atom. The van der Waals surface area contributed by atoms with Crippen molar-refractivity contribution in [2.75, 3.05) is 19.3 Å². The minimum atomic E-state index is -4.66. The number of nitrogens with zero attached hydrogens (tertiary/aromatic N) is 4. The zero-order valence-electron chi connectivity index (χ0n) is 12.6. The van der Waals surface area contributed by atoms with Crippen LogP contribution in [-0.2, 0) is 6.18 Å². The first-order valence-corrected chi connectivity index (χ1v) is 8.31. The van der Waals surface area contributed by atoms with Gasteiger partial charge in [0.15, 0.2) is 5.82 Å². The van der Waals surface area contributed by atoms with E-state index in [-0.39, 0.29) is 24.2 Å². The van der Waals surface area contributed by atoms with E-state index < -0.39 is 12.1 Å². The van der Waals surface area contributed by atoms with Crippen LogP contribution >= 0.6 is 11.8 Å². The highest BCUT2D eigenvalue weighted by Crippen LogP contribution is 2.32. The zero-order chi connectivity index (χ0) is 17.3. The van der Waals surface area contributed by atoms with Crippen molar-refractivity contribution in [3.63, 3.8) is 0 Å². The predicted molar refractivity (Wildman–Crippen MR) is 78.6 cm³/mol. The molecule has 3 rings (SSSR count). The summed E-state index contributed by atoms with van der Waals surface area (Å²) in [6, 6.07) is 3.36. The predicted octanol–water partition coefficient (Wildman–Crippen LogP) is 2.84. The van der Waals surface area contributed by atoms with Gasteiger partial charge < -0.3 is 9.42 Å². The molecule has 2 aromatic rings. The van der Waals surface area contributed by atoms with E-state index in [1.54, 1.807) is 23.2 Å². The molecule has 1 fully saturated rings. The van der Waals surface area contributed by atoms with Crippen LogP contribution in [0.4, 0.5) is 13.2 Å². The Labute approximate surface area is 139 Å². The minimum absolute atomic E-state index is 0.0195. The lowest BCUT2D eigenvalue weighted by atomic mass is 10.1. The number of carbonyl (C=O) groups is 1. The van der Waals surface area contributed by atoms with Crippen molar-refractivity contribution in [3.05, 3.63) is 35.6 Å². The highest BCUT2D eigenvalue weighted by atomic mass is 32.2. The summed E-state index contributed by atoms with van der Waals surface area (Å²) >= 11 is 1.36. The second-order valence-electron chi connectivity index (χ2n) is 5.25. The third-order valence-electron chi connectivity index (χ3n) is 3.72. The zero-order valence-corrected chi connectivity index (χ0v) is 13.4. The number of pyridine rings is 1. The fourth-order valence-electron chi connectivity index (χ4n) is 2.56. The second kappa shape index (κ2) is 6.42. The summed E-state index contributed by atoms with van der Waals surface area (Å²) in [6.07, 6.45) is -0.753. The van der Waals surface area contributed by atoms with Crippen molar-refractivity contribution in [1.82, 2.24) is 20.0 Å². The van der Waals surface area contributed by atoms with Crippen LogP contribution < -0.4 is 0 Å². The van der Waals surface area contributed by atoms with Crippen molar-refractivity contribution < 1.29 is 22.5 Å². The molecule has 1 aliphatic heterocycles. The lowest BCUT2D eigenvalue weighted by Gasteiger charge is -2.17. The molecule has 0 unspecified atom stereocenters. The third kappa shape index (κ3) is 3.23. The highest BCUT2D eigenvalue weighted by Gasteiger charge is 2.40. The van der Waals surface area contributed by atoms with Gasteiger partial charge in [0, 0.05) is 25.2 Å². The lowest BCUT2D eigenvalue weighted by Crippen LogP contribution is -2.29. The van der Waals surface area contributed by atoms with Gasteiger partial charge >= 0.3 is 12.1 Å². The van der Waals surface area contributed by atoms with Crippen LogP contribution in [0, 0.1) is 0 Å². The number of halogens is 3. The molecule has 0 saturated carbocycles. The van der Waals surface area contributed by atoms with Crippen LogP contribution in [0.15, 0.2) is 27.9 Å². The van der Waals surface area contributed by atoms with Gasteiger partial charge in [-0.05, 0) is 24.8 Å². The van der Waals surface area contributed by atoms with Gasteiger partial charge in [0.25, 0.3) is 5.91 Å². The quantitative estimate of drug-likeness (QED) is 0.786. The standard InChI is InChI=1S/C14H13F3N4O2S/c1-24-11-9(3-2-5-18-11)12(22)21-6-4-8(7-21)10-19-13(23-20-10)14(15,16)17/h2-3,5,8H,4,6-7H2,1H3/t8-/m0/s1. The molecule has 0 bridgehead atoms. The number of aromatic nitrogens is 3. The summed E-state index contributed by atoms with van der Waals surface area (Å²) in [4.78, 5) is 21.7. The van der Waals surface area contributed by atoms with Crippen LogP contribution in [0.1, 0.15) is 34.4 Å². The average Bonchev–Trinajstić information content (AvgIpc) is 3.22. The number of hydrogen-bond acceptors (Lipinski definition) is 6. The molecule has 1 aliphatic rings. The topological polar surface area (TPSA) is 72.1 Å².